The first-order valence-electron chi connectivity index (χ1n) is 11.4. The fourth-order valence-electron chi connectivity index (χ4n) is 4.36. The predicted molar refractivity (Wildman–Crippen MR) is 133 cm³/mol. The van der Waals surface area contributed by atoms with E-state index in [2.05, 4.69) is 15.2 Å². The Labute approximate surface area is 206 Å². The van der Waals surface area contributed by atoms with Crippen LogP contribution >= 0.6 is 11.3 Å². The summed E-state index contributed by atoms with van der Waals surface area (Å²) in [5, 5.41) is 8.59. The van der Waals surface area contributed by atoms with E-state index in [1.807, 2.05) is 24.4 Å². The third-order valence-corrected chi connectivity index (χ3v) is 7.16. The van der Waals surface area contributed by atoms with Gasteiger partial charge < -0.3 is 19.7 Å². The number of anilines is 1. The monoisotopic (exact) mass is 495 g/mol. The molecule has 1 aliphatic heterocycles. The highest BCUT2D eigenvalue weighted by molar-refractivity contribution is 7.20. The molecule has 10 heteroatoms. The molecule has 4 aromatic rings. The van der Waals surface area contributed by atoms with Gasteiger partial charge in [0.2, 0.25) is 16.0 Å². The highest BCUT2D eigenvalue weighted by atomic mass is 32.1. The Bertz CT molecular complexity index is 1310. The van der Waals surface area contributed by atoms with Crippen molar-refractivity contribution in [3.63, 3.8) is 0 Å². The number of nitrogens with zero attached hydrogens (tertiary/aromatic N) is 4. The largest absolute Gasteiger partial charge is 0.493 e. The maximum atomic E-state index is 13.2. The summed E-state index contributed by atoms with van der Waals surface area (Å²) >= 11 is 1.49. The minimum Gasteiger partial charge on any atom is -0.493 e. The van der Waals surface area contributed by atoms with E-state index in [1.165, 1.54) is 23.5 Å². The van der Waals surface area contributed by atoms with Crippen molar-refractivity contribution < 1.29 is 18.7 Å². The molecular weight excluding hydrogens is 469 g/mol. The summed E-state index contributed by atoms with van der Waals surface area (Å²) in [4.78, 5) is 20.5. The van der Waals surface area contributed by atoms with E-state index in [-0.39, 0.29) is 17.6 Å². The molecule has 0 unspecified atom stereocenters. The van der Waals surface area contributed by atoms with Crippen LogP contribution in [0, 0.1) is 11.7 Å². The summed E-state index contributed by atoms with van der Waals surface area (Å²) in [6.45, 7) is 1.81. The van der Waals surface area contributed by atoms with E-state index in [9.17, 15) is 9.18 Å². The Morgan fingerprint density at radius 1 is 1.20 bits per heavy atom. The van der Waals surface area contributed by atoms with Gasteiger partial charge in [-0.3, -0.25) is 4.79 Å². The number of benzene rings is 2. The molecule has 0 spiro atoms. The summed E-state index contributed by atoms with van der Waals surface area (Å²) in [5.41, 5.74) is 2.46. The van der Waals surface area contributed by atoms with Crippen LogP contribution in [0.1, 0.15) is 18.4 Å². The zero-order valence-electron chi connectivity index (χ0n) is 19.5. The van der Waals surface area contributed by atoms with Crippen molar-refractivity contribution in [2.75, 3.05) is 32.2 Å². The number of fused-ring (bicyclic) bond motifs is 1. The maximum Gasteiger partial charge on any atom is 0.225 e. The number of piperidine rings is 1. The number of halogens is 1. The van der Waals surface area contributed by atoms with Crippen molar-refractivity contribution in [3.8, 4) is 22.8 Å². The number of aromatic nitrogens is 3. The third kappa shape index (κ3) is 4.79. The SMILES string of the molecule is COc1cccc(CNC(=O)[C@H]2CCCN(c3nn4cc(-c5ccc(F)cc5)nc4s3)C2)c1OC. The van der Waals surface area contributed by atoms with Gasteiger partial charge in [0.1, 0.15) is 5.82 Å². The molecule has 1 atom stereocenters. The molecule has 2 aromatic heterocycles. The van der Waals surface area contributed by atoms with Crippen molar-refractivity contribution >= 4 is 27.3 Å². The molecule has 1 aliphatic rings. The number of hydrogen-bond acceptors (Lipinski definition) is 7. The third-order valence-electron chi connectivity index (χ3n) is 6.17. The van der Waals surface area contributed by atoms with Gasteiger partial charge >= 0.3 is 0 Å². The molecule has 5 rings (SSSR count). The van der Waals surface area contributed by atoms with Gasteiger partial charge in [-0.25, -0.2) is 13.9 Å². The number of methoxy groups -OCH3 is 2. The molecular formula is C25H26FN5O3S. The van der Waals surface area contributed by atoms with Crippen LogP contribution in [-0.4, -0.2) is 47.8 Å². The zero-order chi connectivity index (χ0) is 24.4. The van der Waals surface area contributed by atoms with E-state index >= 15 is 0 Å². The highest BCUT2D eigenvalue weighted by Crippen LogP contribution is 2.32. The van der Waals surface area contributed by atoms with Crippen molar-refractivity contribution in [2.24, 2.45) is 5.92 Å². The van der Waals surface area contributed by atoms with Gasteiger partial charge in [-0.15, -0.1) is 5.10 Å². The predicted octanol–water partition coefficient (Wildman–Crippen LogP) is 4.15. The molecule has 2 aromatic carbocycles. The van der Waals surface area contributed by atoms with Crippen LogP contribution in [0.3, 0.4) is 0 Å². The lowest BCUT2D eigenvalue weighted by molar-refractivity contribution is -0.125. The number of nitrogens with one attached hydrogen (secondary N) is 1. The van der Waals surface area contributed by atoms with Gasteiger partial charge in [0.15, 0.2) is 11.5 Å². The van der Waals surface area contributed by atoms with E-state index in [4.69, 9.17) is 14.6 Å². The molecule has 1 amide bonds. The number of imidazole rings is 1. The van der Waals surface area contributed by atoms with Crippen LogP contribution in [0.5, 0.6) is 11.5 Å². The molecule has 182 valence electrons. The molecule has 0 radical (unpaired) electrons. The number of carbonyl (C=O) groups is 1. The second-order valence-corrected chi connectivity index (χ2v) is 9.33. The molecule has 8 nitrogen and oxygen atoms in total. The quantitative estimate of drug-likeness (QED) is 0.415. The zero-order valence-corrected chi connectivity index (χ0v) is 20.3. The summed E-state index contributed by atoms with van der Waals surface area (Å²) in [6, 6.07) is 11.9. The fraction of sp³-hybridized carbons (Fsp3) is 0.320. The lowest BCUT2D eigenvalue weighted by Gasteiger charge is -2.31. The Morgan fingerprint density at radius 3 is 2.77 bits per heavy atom. The van der Waals surface area contributed by atoms with Crippen molar-refractivity contribution in [1.29, 1.82) is 0 Å². The summed E-state index contributed by atoms with van der Waals surface area (Å²) < 4.78 is 25.8. The van der Waals surface area contributed by atoms with Crippen LogP contribution in [0.2, 0.25) is 0 Å². The number of carbonyl (C=O) groups excluding carboxylic acids is 1. The van der Waals surface area contributed by atoms with Crippen LogP contribution in [0.25, 0.3) is 16.2 Å². The maximum absolute atomic E-state index is 13.2. The summed E-state index contributed by atoms with van der Waals surface area (Å²) in [5.74, 6) is 0.874. The van der Waals surface area contributed by atoms with Gasteiger partial charge in [-0.05, 0) is 43.2 Å². The van der Waals surface area contributed by atoms with Crippen LogP contribution < -0.4 is 19.7 Å². The van der Waals surface area contributed by atoms with Crippen molar-refractivity contribution in [2.45, 2.75) is 19.4 Å². The standard InChI is InChI=1S/C25H26FN5O3S/c1-33-21-7-3-5-17(22(21)34-2)13-27-23(32)18-6-4-12-30(14-18)25-29-31-15-20(28-24(31)35-25)16-8-10-19(26)11-9-16/h3,5,7-11,15,18H,4,6,12-14H2,1-2H3,(H,27,32)/t18-/m0/s1. The van der Waals surface area contributed by atoms with Gasteiger partial charge in [-0.2, -0.15) is 0 Å². The Hall–Kier alpha value is -3.66. The van der Waals surface area contributed by atoms with Gasteiger partial charge in [0.25, 0.3) is 0 Å². The second kappa shape index (κ2) is 9.91. The molecule has 0 bridgehead atoms. The first-order valence-corrected chi connectivity index (χ1v) is 12.2. The summed E-state index contributed by atoms with van der Waals surface area (Å²) in [7, 11) is 3.19. The van der Waals surface area contributed by atoms with Crippen LogP contribution in [-0.2, 0) is 11.3 Å². The summed E-state index contributed by atoms with van der Waals surface area (Å²) in [6.07, 6.45) is 3.58. The van der Waals surface area contributed by atoms with E-state index in [0.717, 1.165) is 46.3 Å². The number of ether oxygens (including phenoxy) is 2. The molecule has 35 heavy (non-hydrogen) atoms. The number of rotatable bonds is 7. The lowest BCUT2D eigenvalue weighted by Crippen LogP contribution is -2.43. The van der Waals surface area contributed by atoms with Gasteiger partial charge in [0.05, 0.1) is 32.0 Å². The molecule has 3 heterocycles. The highest BCUT2D eigenvalue weighted by Gasteiger charge is 2.28. The number of amides is 1. The molecule has 0 saturated carbocycles. The molecule has 1 fully saturated rings. The average molecular weight is 496 g/mol. The Morgan fingerprint density at radius 2 is 2.03 bits per heavy atom. The first-order chi connectivity index (χ1) is 17.1. The van der Waals surface area contributed by atoms with E-state index in [0.29, 0.717) is 24.6 Å². The Kier molecular flexibility index (Phi) is 6.54. The van der Waals surface area contributed by atoms with Gasteiger partial charge in [-0.1, -0.05) is 23.5 Å². The smallest absolute Gasteiger partial charge is 0.225 e. The van der Waals surface area contributed by atoms with E-state index in [1.54, 1.807) is 30.9 Å². The van der Waals surface area contributed by atoms with Crippen molar-refractivity contribution in [1.82, 2.24) is 19.9 Å². The first kappa shape index (κ1) is 23.1. The van der Waals surface area contributed by atoms with Gasteiger partial charge in [0, 0.05) is 30.8 Å². The normalized spacial score (nSPS) is 15.9. The van der Waals surface area contributed by atoms with Crippen molar-refractivity contribution in [3.05, 3.63) is 60.0 Å². The van der Waals surface area contributed by atoms with Crippen LogP contribution in [0.15, 0.2) is 48.7 Å². The average Bonchev–Trinajstić information content (AvgIpc) is 3.47. The second-order valence-electron chi connectivity index (χ2n) is 8.40. The van der Waals surface area contributed by atoms with E-state index < -0.39 is 0 Å². The molecule has 1 N–H and O–H groups in total. The fourth-order valence-corrected chi connectivity index (χ4v) is 5.28. The van der Waals surface area contributed by atoms with Crippen LogP contribution in [0.4, 0.5) is 9.52 Å². The number of hydrogen-bond donors (Lipinski definition) is 1. The lowest BCUT2D eigenvalue weighted by atomic mass is 9.97. The topological polar surface area (TPSA) is 81.0 Å². The minimum absolute atomic E-state index is 0.0134. The number of para-hydroxylation sites is 1. The molecule has 0 aliphatic carbocycles. The minimum atomic E-state index is -0.276. The molecule has 1 saturated heterocycles. The Balaban J connectivity index is 1.24.